The van der Waals surface area contributed by atoms with Crippen molar-refractivity contribution in [3.63, 3.8) is 0 Å². The van der Waals surface area contributed by atoms with E-state index in [4.69, 9.17) is 9.47 Å². The minimum Gasteiger partial charge on any atom is -0.496 e. The highest BCUT2D eigenvalue weighted by atomic mass is 79.9. The molecule has 0 aliphatic carbocycles. The van der Waals surface area contributed by atoms with Gasteiger partial charge in [0.25, 0.3) is 0 Å². The van der Waals surface area contributed by atoms with Gasteiger partial charge in [0.05, 0.1) is 12.0 Å². The summed E-state index contributed by atoms with van der Waals surface area (Å²) in [4.78, 5) is 14.1. The minimum absolute atomic E-state index is 0.0107. The van der Waals surface area contributed by atoms with Crippen LogP contribution in [0.1, 0.15) is 25.7 Å². The molecule has 0 atom stereocenters. The van der Waals surface area contributed by atoms with Crippen LogP contribution >= 0.6 is 27.3 Å². The highest BCUT2D eigenvalue weighted by Crippen LogP contribution is 2.24. The van der Waals surface area contributed by atoms with Crippen LogP contribution in [0.2, 0.25) is 0 Å². The van der Waals surface area contributed by atoms with Gasteiger partial charge in [0.15, 0.2) is 5.78 Å². The summed E-state index contributed by atoms with van der Waals surface area (Å²) in [6.45, 7) is 2.37. The lowest BCUT2D eigenvalue weighted by Gasteiger charge is -2.11. The Morgan fingerprint density at radius 3 is 2.56 bits per heavy atom. The Morgan fingerprint density at radius 2 is 1.89 bits per heavy atom. The zero-order valence-electron chi connectivity index (χ0n) is 15.1. The molecule has 3 nitrogen and oxygen atoms in total. The molecule has 0 bridgehead atoms. The second-order valence-electron chi connectivity index (χ2n) is 5.92. The van der Waals surface area contributed by atoms with Crippen LogP contribution in [0.3, 0.4) is 0 Å². The van der Waals surface area contributed by atoms with Gasteiger partial charge in [-0.3, -0.25) is 4.79 Å². The molecule has 0 amide bonds. The lowest BCUT2D eigenvalue weighted by Crippen LogP contribution is -1.99. The topological polar surface area (TPSA) is 35.5 Å². The van der Waals surface area contributed by atoms with Gasteiger partial charge in [-0.25, -0.2) is 0 Å². The van der Waals surface area contributed by atoms with Crippen LogP contribution < -0.4 is 9.47 Å². The van der Waals surface area contributed by atoms with Gasteiger partial charge >= 0.3 is 0 Å². The quantitative estimate of drug-likeness (QED) is 0.318. The van der Waals surface area contributed by atoms with Crippen LogP contribution in [0.15, 0.2) is 65.1 Å². The van der Waals surface area contributed by atoms with Crippen LogP contribution in [-0.4, -0.2) is 12.9 Å². The lowest BCUT2D eigenvalue weighted by atomic mass is 10.1. The average molecular weight is 443 g/mol. The van der Waals surface area contributed by atoms with Crippen LogP contribution in [0, 0.1) is 6.92 Å². The number of carbonyl (C=O) groups excluding carboxylic acids is 1. The summed E-state index contributed by atoms with van der Waals surface area (Å²) in [6, 6.07) is 17.3. The molecule has 27 heavy (non-hydrogen) atoms. The molecule has 138 valence electrons. The summed E-state index contributed by atoms with van der Waals surface area (Å²) in [6.07, 6.45) is 3.42. The minimum atomic E-state index is 0.0107. The number of ketones is 1. The first-order valence-electron chi connectivity index (χ1n) is 8.39. The Labute approximate surface area is 171 Å². The van der Waals surface area contributed by atoms with Gasteiger partial charge in [0.1, 0.15) is 18.1 Å². The number of allylic oxidation sites excluding steroid dienone is 1. The summed E-state index contributed by atoms with van der Waals surface area (Å²) < 4.78 is 12.3. The van der Waals surface area contributed by atoms with E-state index in [1.165, 1.54) is 11.3 Å². The molecule has 2 aromatic carbocycles. The fourth-order valence-electron chi connectivity index (χ4n) is 2.53. The van der Waals surface area contributed by atoms with E-state index >= 15 is 0 Å². The van der Waals surface area contributed by atoms with Gasteiger partial charge < -0.3 is 9.47 Å². The zero-order valence-corrected chi connectivity index (χ0v) is 17.5. The van der Waals surface area contributed by atoms with Gasteiger partial charge in [-0.15, -0.1) is 11.3 Å². The van der Waals surface area contributed by atoms with E-state index in [1.54, 1.807) is 13.2 Å². The smallest absolute Gasteiger partial charge is 0.195 e. The second-order valence-corrected chi connectivity index (χ2v) is 8.13. The molecule has 0 spiro atoms. The third kappa shape index (κ3) is 5.31. The number of carbonyl (C=O) groups is 1. The van der Waals surface area contributed by atoms with E-state index in [9.17, 15) is 4.79 Å². The van der Waals surface area contributed by atoms with Crippen molar-refractivity contribution >= 4 is 39.1 Å². The maximum absolute atomic E-state index is 12.2. The molecule has 0 fully saturated rings. The van der Waals surface area contributed by atoms with Crippen LogP contribution in [0.5, 0.6) is 11.5 Å². The molecule has 0 saturated carbocycles. The Balaban J connectivity index is 1.73. The van der Waals surface area contributed by atoms with Gasteiger partial charge in [-0.2, -0.15) is 0 Å². The molecule has 3 rings (SSSR count). The van der Waals surface area contributed by atoms with E-state index in [0.29, 0.717) is 6.61 Å². The molecular formula is C22H19BrO3S. The van der Waals surface area contributed by atoms with Crippen molar-refractivity contribution in [3.8, 4) is 11.5 Å². The SMILES string of the molecule is COc1ccc(/C=C/C(=O)c2ccc(C)s2)cc1COc1ccc(Br)cc1. The molecule has 3 aromatic rings. The number of benzene rings is 2. The number of rotatable bonds is 7. The summed E-state index contributed by atoms with van der Waals surface area (Å²) in [5.74, 6) is 1.55. The normalized spacial score (nSPS) is 10.9. The maximum atomic E-state index is 12.2. The van der Waals surface area contributed by atoms with Crippen LogP contribution in [-0.2, 0) is 6.61 Å². The summed E-state index contributed by atoms with van der Waals surface area (Å²) in [5, 5.41) is 0. The Morgan fingerprint density at radius 1 is 1.11 bits per heavy atom. The Kier molecular flexibility index (Phi) is 6.48. The van der Waals surface area contributed by atoms with Gasteiger partial charge in [-0.1, -0.05) is 28.1 Å². The molecule has 1 aromatic heterocycles. The van der Waals surface area contributed by atoms with Gasteiger partial charge in [-0.05, 0) is 67.1 Å². The fraction of sp³-hybridized carbons (Fsp3) is 0.136. The van der Waals surface area contributed by atoms with E-state index in [1.807, 2.05) is 67.6 Å². The van der Waals surface area contributed by atoms with E-state index in [-0.39, 0.29) is 5.78 Å². The monoisotopic (exact) mass is 442 g/mol. The summed E-state index contributed by atoms with van der Waals surface area (Å²) in [7, 11) is 1.64. The highest BCUT2D eigenvalue weighted by Gasteiger charge is 2.07. The number of hydrogen-bond donors (Lipinski definition) is 0. The molecule has 1 heterocycles. The largest absolute Gasteiger partial charge is 0.496 e. The van der Waals surface area contributed by atoms with Crippen LogP contribution in [0.4, 0.5) is 0 Å². The number of aryl methyl sites for hydroxylation is 1. The zero-order chi connectivity index (χ0) is 19.2. The van der Waals surface area contributed by atoms with Crippen molar-refractivity contribution < 1.29 is 14.3 Å². The van der Waals surface area contributed by atoms with Crippen LogP contribution in [0.25, 0.3) is 6.08 Å². The van der Waals surface area contributed by atoms with Crippen molar-refractivity contribution in [3.05, 3.63) is 86.0 Å². The van der Waals surface area contributed by atoms with E-state index < -0.39 is 0 Å². The molecule has 0 aliphatic rings. The second kappa shape index (κ2) is 9.02. The molecule has 0 unspecified atom stereocenters. The first-order chi connectivity index (χ1) is 13.0. The summed E-state index contributed by atoms with van der Waals surface area (Å²) in [5.41, 5.74) is 1.84. The molecular weight excluding hydrogens is 424 g/mol. The molecule has 0 aliphatic heterocycles. The van der Waals surface area contributed by atoms with Crippen molar-refractivity contribution in [2.75, 3.05) is 7.11 Å². The van der Waals surface area contributed by atoms with Gasteiger partial charge in [0, 0.05) is 14.9 Å². The van der Waals surface area contributed by atoms with E-state index in [2.05, 4.69) is 15.9 Å². The number of halogens is 1. The molecule has 0 radical (unpaired) electrons. The number of methoxy groups -OCH3 is 1. The predicted octanol–water partition coefficient (Wildman–Crippen LogP) is 6.30. The number of hydrogen-bond acceptors (Lipinski definition) is 4. The molecule has 0 N–H and O–H groups in total. The maximum Gasteiger partial charge on any atom is 0.195 e. The Bertz CT molecular complexity index is 958. The van der Waals surface area contributed by atoms with Crippen molar-refractivity contribution in [1.82, 2.24) is 0 Å². The number of thiophene rings is 1. The first-order valence-corrected chi connectivity index (χ1v) is 10.0. The summed E-state index contributed by atoms with van der Waals surface area (Å²) >= 11 is 4.91. The first kappa shape index (κ1) is 19.4. The van der Waals surface area contributed by atoms with Gasteiger partial charge in [0.2, 0.25) is 0 Å². The predicted molar refractivity (Wildman–Crippen MR) is 114 cm³/mol. The van der Waals surface area contributed by atoms with E-state index in [0.717, 1.165) is 36.9 Å². The molecule has 0 saturated heterocycles. The third-order valence-electron chi connectivity index (χ3n) is 3.92. The Hall–Kier alpha value is -2.37. The third-order valence-corrected chi connectivity index (χ3v) is 5.47. The highest BCUT2D eigenvalue weighted by molar-refractivity contribution is 9.10. The van der Waals surface area contributed by atoms with Crippen molar-refractivity contribution in [2.24, 2.45) is 0 Å². The fourth-order valence-corrected chi connectivity index (χ4v) is 3.58. The molecule has 5 heteroatoms. The number of ether oxygens (including phenoxy) is 2. The average Bonchev–Trinajstić information content (AvgIpc) is 3.12. The standard InChI is InChI=1S/C22H19BrO3S/c1-15-3-12-22(27-15)20(24)10-4-16-5-11-21(25-2)17(13-16)14-26-19-8-6-18(23)7-9-19/h3-13H,14H2,1-2H3/b10-4+. The van der Waals surface area contributed by atoms with Crippen molar-refractivity contribution in [1.29, 1.82) is 0 Å². The van der Waals surface area contributed by atoms with Crippen molar-refractivity contribution in [2.45, 2.75) is 13.5 Å². The lowest BCUT2D eigenvalue weighted by molar-refractivity contribution is 0.105.